The second-order valence-corrected chi connectivity index (χ2v) is 6.74. The minimum atomic E-state index is -0.425. The molecule has 7 nitrogen and oxygen atoms in total. The number of aryl methyl sites for hydroxylation is 2. The predicted octanol–water partition coefficient (Wildman–Crippen LogP) is 3.78. The third-order valence-electron chi connectivity index (χ3n) is 3.67. The van der Waals surface area contributed by atoms with E-state index in [0.717, 1.165) is 17.0 Å². The van der Waals surface area contributed by atoms with Gasteiger partial charge in [-0.2, -0.15) is 0 Å². The average molecular weight is 390 g/mol. The normalized spacial score (nSPS) is 10.6. The zero-order chi connectivity index (χ0) is 18.7. The molecule has 0 bridgehead atoms. The van der Waals surface area contributed by atoms with Gasteiger partial charge in [-0.25, -0.2) is 4.98 Å². The highest BCUT2D eigenvalue weighted by atomic mass is 35.5. The number of methoxy groups -OCH3 is 1. The summed E-state index contributed by atoms with van der Waals surface area (Å²) in [6.07, 6.45) is 4.02. The molecule has 3 aromatic heterocycles. The Morgan fingerprint density at radius 2 is 2.04 bits per heavy atom. The number of carbonyl (C=O) groups is 1. The molecule has 1 amide bonds. The Balaban J connectivity index is 2.12. The molecule has 3 rings (SSSR count). The summed E-state index contributed by atoms with van der Waals surface area (Å²) in [5.41, 5.74) is 2.12. The number of amides is 1. The van der Waals surface area contributed by atoms with Crippen molar-refractivity contribution < 1.29 is 9.53 Å². The fraction of sp³-hybridized carbons (Fsp3) is 0.235. The Bertz CT molecular complexity index is 946. The Morgan fingerprint density at radius 3 is 2.65 bits per heavy atom. The molecule has 3 heterocycles. The largest absolute Gasteiger partial charge is 0.494 e. The van der Waals surface area contributed by atoms with Gasteiger partial charge in [0, 0.05) is 18.0 Å². The molecule has 134 valence electrons. The van der Waals surface area contributed by atoms with Crippen LogP contribution in [0.4, 0.5) is 5.13 Å². The number of pyridine rings is 2. The van der Waals surface area contributed by atoms with Crippen LogP contribution < -0.4 is 10.1 Å². The van der Waals surface area contributed by atoms with Gasteiger partial charge in [0.25, 0.3) is 5.91 Å². The average Bonchev–Trinajstić information content (AvgIpc) is 3.09. The molecular weight excluding hydrogens is 374 g/mol. The number of hydrogen-bond acceptors (Lipinski definition) is 7. The number of ether oxygens (including phenoxy) is 1. The van der Waals surface area contributed by atoms with Gasteiger partial charge in [0.2, 0.25) is 5.13 Å². The smallest absolute Gasteiger partial charge is 0.261 e. The van der Waals surface area contributed by atoms with Gasteiger partial charge < -0.3 is 4.74 Å². The van der Waals surface area contributed by atoms with E-state index in [2.05, 4.69) is 25.5 Å². The standard InChI is InChI=1S/C17H16ClN5O2S/c1-4-11-22-23-17(26-11)21-16(24)13-12(10-5-7-19-8-6-10)14(25-3)9(2)20-15(13)18/h5-8H,4H2,1-3H3,(H,21,23,24). The number of nitrogens with zero attached hydrogens (tertiary/aromatic N) is 4. The topological polar surface area (TPSA) is 89.9 Å². The van der Waals surface area contributed by atoms with E-state index in [0.29, 0.717) is 22.1 Å². The Morgan fingerprint density at radius 1 is 1.31 bits per heavy atom. The molecule has 0 atom stereocenters. The summed E-state index contributed by atoms with van der Waals surface area (Å²) >= 11 is 7.65. The van der Waals surface area contributed by atoms with Crippen molar-refractivity contribution in [3.05, 3.63) is 45.9 Å². The van der Waals surface area contributed by atoms with E-state index >= 15 is 0 Å². The van der Waals surface area contributed by atoms with Gasteiger partial charge in [-0.3, -0.25) is 15.1 Å². The predicted molar refractivity (Wildman–Crippen MR) is 101 cm³/mol. The summed E-state index contributed by atoms with van der Waals surface area (Å²) < 4.78 is 5.50. The number of anilines is 1. The molecule has 0 saturated carbocycles. The van der Waals surface area contributed by atoms with Crippen molar-refractivity contribution in [2.24, 2.45) is 0 Å². The number of nitrogens with one attached hydrogen (secondary N) is 1. The summed E-state index contributed by atoms with van der Waals surface area (Å²) in [5, 5.41) is 12.1. The second kappa shape index (κ2) is 7.76. The molecule has 0 saturated heterocycles. The van der Waals surface area contributed by atoms with Crippen LogP contribution in [0.1, 0.15) is 28.0 Å². The van der Waals surface area contributed by atoms with Gasteiger partial charge in [-0.15, -0.1) is 10.2 Å². The van der Waals surface area contributed by atoms with Crippen LogP contribution >= 0.6 is 22.9 Å². The summed E-state index contributed by atoms with van der Waals surface area (Å²) in [7, 11) is 1.53. The first-order valence-electron chi connectivity index (χ1n) is 7.83. The van der Waals surface area contributed by atoms with E-state index in [-0.39, 0.29) is 10.7 Å². The van der Waals surface area contributed by atoms with Gasteiger partial charge in [0.15, 0.2) is 0 Å². The van der Waals surface area contributed by atoms with Crippen LogP contribution in [0, 0.1) is 6.92 Å². The molecule has 0 radical (unpaired) electrons. The van der Waals surface area contributed by atoms with Crippen LogP contribution in [-0.4, -0.2) is 33.2 Å². The number of halogens is 1. The number of carbonyl (C=O) groups excluding carboxylic acids is 1. The van der Waals surface area contributed by atoms with Crippen LogP contribution in [0.25, 0.3) is 11.1 Å². The van der Waals surface area contributed by atoms with Crippen molar-refractivity contribution >= 4 is 34.0 Å². The fourth-order valence-electron chi connectivity index (χ4n) is 2.51. The van der Waals surface area contributed by atoms with Crippen molar-refractivity contribution in [1.29, 1.82) is 0 Å². The van der Waals surface area contributed by atoms with E-state index in [1.165, 1.54) is 18.4 Å². The van der Waals surface area contributed by atoms with E-state index in [9.17, 15) is 4.79 Å². The molecule has 0 fully saturated rings. The molecule has 3 aromatic rings. The molecule has 0 aromatic carbocycles. The molecule has 0 aliphatic heterocycles. The van der Waals surface area contributed by atoms with Crippen LogP contribution in [0.5, 0.6) is 5.75 Å². The Hall–Kier alpha value is -2.58. The van der Waals surface area contributed by atoms with E-state index in [1.54, 1.807) is 31.5 Å². The van der Waals surface area contributed by atoms with E-state index < -0.39 is 5.91 Å². The maximum Gasteiger partial charge on any atom is 0.261 e. The van der Waals surface area contributed by atoms with Crippen LogP contribution in [0.3, 0.4) is 0 Å². The van der Waals surface area contributed by atoms with E-state index in [4.69, 9.17) is 16.3 Å². The van der Waals surface area contributed by atoms with Crippen LogP contribution in [0.2, 0.25) is 5.15 Å². The Kier molecular flexibility index (Phi) is 5.43. The highest BCUT2D eigenvalue weighted by Crippen LogP contribution is 2.38. The van der Waals surface area contributed by atoms with Crippen molar-refractivity contribution in [3.8, 4) is 16.9 Å². The molecular formula is C17H16ClN5O2S. The fourth-order valence-corrected chi connectivity index (χ4v) is 3.49. The van der Waals surface area contributed by atoms with Crippen molar-refractivity contribution in [2.75, 3.05) is 12.4 Å². The Labute approximate surface area is 159 Å². The highest BCUT2D eigenvalue weighted by Gasteiger charge is 2.25. The summed E-state index contributed by atoms with van der Waals surface area (Å²) in [4.78, 5) is 21.2. The maximum atomic E-state index is 12.9. The lowest BCUT2D eigenvalue weighted by molar-refractivity contribution is 0.102. The molecule has 0 spiro atoms. The first kappa shape index (κ1) is 18.2. The van der Waals surface area contributed by atoms with Crippen molar-refractivity contribution in [1.82, 2.24) is 20.2 Å². The molecule has 26 heavy (non-hydrogen) atoms. The monoisotopic (exact) mass is 389 g/mol. The van der Waals surface area contributed by atoms with Gasteiger partial charge in [-0.05, 0) is 31.0 Å². The third kappa shape index (κ3) is 3.51. The number of aromatic nitrogens is 4. The lowest BCUT2D eigenvalue weighted by Gasteiger charge is -2.16. The van der Waals surface area contributed by atoms with Crippen LogP contribution in [0.15, 0.2) is 24.5 Å². The van der Waals surface area contributed by atoms with Crippen molar-refractivity contribution in [2.45, 2.75) is 20.3 Å². The lowest BCUT2D eigenvalue weighted by Crippen LogP contribution is -2.16. The van der Waals surface area contributed by atoms with Gasteiger partial charge >= 0.3 is 0 Å². The first-order chi connectivity index (χ1) is 12.5. The maximum absolute atomic E-state index is 12.9. The van der Waals surface area contributed by atoms with Gasteiger partial charge in [0.05, 0.1) is 18.4 Å². The molecule has 0 aliphatic carbocycles. The highest BCUT2D eigenvalue weighted by molar-refractivity contribution is 7.15. The molecule has 0 unspecified atom stereocenters. The quantitative estimate of drug-likeness (QED) is 0.668. The zero-order valence-electron chi connectivity index (χ0n) is 14.4. The summed E-state index contributed by atoms with van der Waals surface area (Å²) in [6.45, 7) is 3.74. The van der Waals surface area contributed by atoms with Gasteiger partial charge in [0.1, 0.15) is 15.9 Å². The SMILES string of the molecule is CCc1nnc(NC(=O)c2c(Cl)nc(C)c(OC)c2-c2ccncc2)s1. The first-order valence-corrected chi connectivity index (χ1v) is 9.02. The molecule has 9 heteroatoms. The molecule has 1 N–H and O–H groups in total. The van der Waals surface area contributed by atoms with Gasteiger partial charge in [-0.1, -0.05) is 29.9 Å². The van der Waals surface area contributed by atoms with E-state index in [1.807, 2.05) is 6.92 Å². The van der Waals surface area contributed by atoms with Crippen LogP contribution in [-0.2, 0) is 6.42 Å². The molecule has 0 aliphatic rings. The third-order valence-corrected chi connectivity index (χ3v) is 4.92. The lowest BCUT2D eigenvalue weighted by atomic mass is 9.99. The minimum Gasteiger partial charge on any atom is -0.494 e. The summed E-state index contributed by atoms with van der Waals surface area (Å²) in [5.74, 6) is 0.0590. The summed E-state index contributed by atoms with van der Waals surface area (Å²) in [6, 6.07) is 3.56. The zero-order valence-corrected chi connectivity index (χ0v) is 16.0. The number of hydrogen-bond donors (Lipinski definition) is 1. The van der Waals surface area contributed by atoms with Crippen molar-refractivity contribution in [3.63, 3.8) is 0 Å². The minimum absolute atomic E-state index is 0.0906. The number of rotatable bonds is 5. The second-order valence-electron chi connectivity index (χ2n) is 5.32.